The highest BCUT2D eigenvalue weighted by Crippen LogP contribution is 2.34. The van der Waals surface area contributed by atoms with Crippen LogP contribution in [0.2, 0.25) is 0 Å². The summed E-state index contributed by atoms with van der Waals surface area (Å²) in [6.45, 7) is 6.60. The normalized spacial score (nSPS) is 10.9. The summed E-state index contributed by atoms with van der Waals surface area (Å²) in [5, 5.41) is 0. The summed E-state index contributed by atoms with van der Waals surface area (Å²) in [6.07, 6.45) is 0. The molecule has 0 unspecified atom stereocenters. The molecule has 1 heterocycles. The van der Waals surface area contributed by atoms with Crippen LogP contribution in [0.4, 0.5) is 0 Å². The van der Waals surface area contributed by atoms with Crippen molar-refractivity contribution in [3.8, 4) is 16.2 Å². The third-order valence-electron chi connectivity index (χ3n) is 2.89. The third-order valence-corrected chi connectivity index (χ3v) is 4.31. The van der Waals surface area contributed by atoms with Crippen molar-refractivity contribution in [2.45, 2.75) is 26.7 Å². The van der Waals surface area contributed by atoms with Crippen LogP contribution in [0, 0.1) is 6.92 Å². The fourth-order valence-electron chi connectivity index (χ4n) is 1.85. The van der Waals surface area contributed by atoms with Crippen LogP contribution >= 0.6 is 11.3 Å². The van der Waals surface area contributed by atoms with Gasteiger partial charge in [-0.15, -0.1) is 11.3 Å². The number of rotatable bonds is 3. The van der Waals surface area contributed by atoms with Gasteiger partial charge in [-0.3, -0.25) is 0 Å². The molecule has 0 aliphatic rings. The first-order chi connectivity index (χ1) is 8.11. The standard InChI is InChI=1S/C15H18OS/c1-10(2)14-7-8-15(17-14)13-6-5-12(16-4)9-11(13)3/h5-10H,1-4H3. The summed E-state index contributed by atoms with van der Waals surface area (Å²) in [6, 6.07) is 10.7. The molecule has 1 nitrogen and oxygen atoms in total. The fourth-order valence-corrected chi connectivity index (χ4v) is 2.95. The second-order valence-electron chi connectivity index (χ2n) is 4.54. The topological polar surface area (TPSA) is 9.23 Å². The molecule has 17 heavy (non-hydrogen) atoms. The van der Waals surface area contributed by atoms with Gasteiger partial charge in [0.05, 0.1) is 7.11 Å². The van der Waals surface area contributed by atoms with Gasteiger partial charge in [0.25, 0.3) is 0 Å². The van der Waals surface area contributed by atoms with Gasteiger partial charge in [0.1, 0.15) is 5.75 Å². The Balaban J connectivity index is 2.38. The Bertz CT molecular complexity index is 511. The van der Waals surface area contributed by atoms with Crippen LogP contribution in [0.1, 0.15) is 30.2 Å². The lowest BCUT2D eigenvalue weighted by Crippen LogP contribution is -1.85. The molecule has 2 rings (SSSR count). The lowest BCUT2D eigenvalue weighted by molar-refractivity contribution is 0.414. The zero-order chi connectivity index (χ0) is 12.4. The SMILES string of the molecule is COc1ccc(-c2ccc(C(C)C)s2)c(C)c1. The Morgan fingerprint density at radius 1 is 1.12 bits per heavy atom. The zero-order valence-corrected chi connectivity index (χ0v) is 11.6. The molecule has 0 aliphatic carbocycles. The van der Waals surface area contributed by atoms with Gasteiger partial charge in [-0.2, -0.15) is 0 Å². The van der Waals surface area contributed by atoms with Crippen molar-refractivity contribution in [2.24, 2.45) is 0 Å². The molecule has 0 spiro atoms. The van der Waals surface area contributed by atoms with E-state index >= 15 is 0 Å². The monoisotopic (exact) mass is 246 g/mol. The first-order valence-corrected chi connectivity index (χ1v) is 6.68. The van der Waals surface area contributed by atoms with Gasteiger partial charge in [0, 0.05) is 9.75 Å². The Kier molecular flexibility index (Phi) is 3.53. The summed E-state index contributed by atoms with van der Waals surface area (Å²) in [5.41, 5.74) is 2.57. The van der Waals surface area contributed by atoms with Gasteiger partial charge >= 0.3 is 0 Å². The second-order valence-corrected chi connectivity index (χ2v) is 5.65. The average molecular weight is 246 g/mol. The van der Waals surface area contributed by atoms with E-state index in [1.165, 1.54) is 20.9 Å². The van der Waals surface area contributed by atoms with Crippen molar-refractivity contribution in [1.82, 2.24) is 0 Å². The number of methoxy groups -OCH3 is 1. The molecule has 0 atom stereocenters. The molecule has 2 heteroatoms. The molecule has 0 radical (unpaired) electrons. The highest BCUT2D eigenvalue weighted by molar-refractivity contribution is 7.15. The predicted molar refractivity (Wildman–Crippen MR) is 75.1 cm³/mol. The maximum atomic E-state index is 5.23. The number of aryl methyl sites for hydroxylation is 1. The minimum absolute atomic E-state index is 0.604. The largest absolute Gasteiger partial charge is 0.497 e. The number of benzene rings is 1. The molecule has 0 amide bonds. The summed E-state index contributed by atoms with van der Waals surface area (Å²) >= 11 is 1.88. The highest BCUT2D eigenvalue weighted by atomic mass is 32.1. The second kappa shape index (κ2) is 4.92. The van der Waals surface area contributed by atoms with E-state index in [0.29, 0.717) is 5.92 Å². The summed E-state index contributed by atoms with van der Waals surface area (Å²) in [7, 11) is 1.70. The van der Waals surface area contributed by atoms with Crippen LogP contribution in [-0.2, 0) is 0 Å². The number of thiophene rings is 1. The molecular weight excluding hydrogens is 228 g/mol. The molecule has 1 aromatic heterocycles. The minimum Gasteiger partial charge on any atom is -0.497 e. The van der Waals surface area contributed by atoms with Gasteiger partial charge in [0.2, 0.25) is 0 Å². The lowest BCUT2D eigenvalue weighted by Gasteiger charge is -2.06. The molecule has 0 saturated carbocycles. The quantitative estimate of drug-likeness (QED) is 0.751. The van der Waals surface area contributed by atoms with E-state index in [1.54, 1.807) is 7.11 Å². The van der Waals surface area contributed by atoms with E-state index in [4.69, 9.17) is 4.74 Å². The molecule has 0 N–H and O–H groups in total. The fraction of sp³-hybridized carbons (Fsp3) is 0.333. The molecule has 0 saturated heterocycles. The molecular formula is C15H18OS. The number of hydrogen-bond donors (Lipinski definition) is 0. The van der Waals surface area contributed by atoms with Crippen LogP contribution in [0.3, 0.4) is 0 Å². The maximum absolute atomic E-state index is 5.23. The highest BCUT2D eigenvalue weighted by Gasteiger charge is 2.08. The van der Waals surface area contributed by atoms with Crippen LogP contribution in [0.15, 0.2) is 30.3 Å². The Labute approximate surface area is 107 Å². The molecule has 90 valence electrons. The van der Waals surface area contributed by atoms with Crippen molar-refractivity contribution < 1.29 is 4.74 Å². The molecule has 2 aromatic rings. The van der Waals surface area contributed by atoms with Crippen molar-refractivity contribution >= 4 is 11.3 Å². The maximum Gasteiger partial charge on any atom is 0.119 e. The van der Waals surface area contributed by atoms with Crippen molar-refractivity contribution in [3.05, 3.63) is 40.8 Å². The molecule has 1 aromatic carbocycles. The van der Waals surface area contributed by atoms with E-state index in [1.807, 2.05) is 17.4 Å². The van der Waals surface area contributed by atoms with Crippen molar-refractivity contribution in [2.75, 3.05) is 7.11 Å². The summed E-state index contributed by atoms with van der Waals surface area (Å²) < 4.78 is 5.23. The number of hydrogen-bond acceptors (Lipinski definition) is 2. The van der Waals surface area contributed by atoms with Crippen molar-refractivity contribution in [1.29, 1.82) is 0 Å². The third kappa shape index (κ3) is 2.52. The van der Waals surface area contributed by atoms with Crippen LogP contribution < -0.4 is 4.74 Å². The average Bonchev–Trinajstić information content (AvgIpc) is 2.78. The molecule has 0 fully saturated rings. The summed E-state index contributed by atoms with van der Waals surface area (Å²) in [5.74, 6) is 1.53. The van der Waals surface area contributed by atoms with Gasteiger partial charge in [-0.25, -0.2) is 0 Å². The van der Waals surface area contributed by atoms with E-state index < -0.39 is 0 Å². The predicted octanol–water partition coefficient (Wildman–Crippen LogP) is 4.86. The van der Waals surface area contributed by atoms with E-state index in [0.717, 1.165) is 5.75 Å². The van der Waals surface area contributed by atoms with E-state index in [-0.39, 0.29) is 0 Å². The van der Waals surface area contributed by atoms with Crippen molar-refractivity contribution in [3.63, 3.8) is 0 Å². The van der Waals surface area contributed by atoms with Gasteiger partial charge in [-0.05, 0) is 54.3 Å². The number of ether oxygens (including phenoxy) is 1. The van der Waals surface area contributed by atoms with E-state index in [9.17, 15) is 0 Å². The molecule has 0 bridgehead atoms. The minimum atomic E-state index is 0.604. The summed E-state index contributed by atoms with van der Waals surface area (Å²) in [4.78, 5) is 2.78. The Hall–Kier alpha value is -1.28. The van der Waals surface area contributed by atoms with Gasteiger partial charge in [0.15, 0.2) is 0 Å². The van der Waals surface area contributed by atoms with E-state index in [2.05, 4.69) is 45.0 Å². The zero-order valence-electron chi connectivity index (χ0n) is 10.8. The molecule has 0 aliphatic heterocycles. The van der Waals surface area contributed by atoms with Gasteiger partial charge < -0.3 is 4.74 Å². The Morgan fingerprint density at radius 2 is 1.88 bits per heavy atom. The lowest BCUT2D eigenvalue weighted by atomic mass is 10.1. The first kappa shape index (κ1) is 12.2. The van der Waals surface area contributed by atoms with Gasteiger partial charge in [-0.1, -0.05) is 13.8 Å². The van der Waals surface area contributed by atoms with Crippen LogP contribution in [0.25, 0.3) is 10.4 Å². The Morgan fingerprint density at radius 3 is 2.41 bits per heavy atom. The smallest absolute Gasteiger partial charge is 0.119 e. The van der Waals surface area contributed by atoms with Crippen LogP contribution in [-0.4, -0.2) is 7.11 Å². The first-order valence-electron chi connectivity index (χ1n) is 5.86. The van der Waals surface area contributed by atoms with Crippen LogP contribution in [0.5, 0.6) is 5.75 Å².